The molecule has 3 nitrogen and oxygen atoms in total. The Labute approximate surface area is 193 Å². The molecule has 0 unspecified atom stereocenters. The second-order valence-corrected chi connectivity index (χ2v) is 12.6. The van der Waals surface area contributed by atoms with Crippen molar-refractivity contribution in [2.75, 3.05) is 6.61 Å². The number of allylic oxidation sites excluding steroid dienone is 2. The molecule has 0 heterocycles. The smallest absolute Gasteiger partial charge is 1.00 e. The number of rotatable bonds is 5. The van der Waals surface area contributed by atoms with Gasteiger partial charge in [0.05, 0.1) is 18.1 Å². The number of hydrogen-bond donors (Lipinski definition) is 1. The summed E-state index contributed by atoms with van der Waals surface area (Å²) in [6.45, 7) is 17.7. The molecule has 2 rings (SSSR count). The molecule has 1 aliphatic carbocycles. The first kappa shape index (κ1) is 28.8. The van der Waals surface area contributed by atoms with Crippen molar-refractivity contribution in [3.8, 4) is 5.75 Å². The monoisotopic (exact) mass is 462 g/mol. The number of ether oxygens (including phenoxy) is 1. The number of benzene rings is 1. The van der Waals surface area contributed by atoms with E-state index in [1.807, 2.05) is 19.9 Å². The molecule has 0 aromatic heterocycles. The Morgan fingerprint density at radius 2 is 1.74 bits per heavy atom. The summed E-state index contributed by atoms with van der Waals surface area (Å²) in [4.78, 5) is 0. The maximum Gasteiger partial charge on any atom is 3.00 e. The summed E-state index contributed by atoms with van der Waals surface area (Å²) in [7, 11) is -1.71. The van der Waals surface area contributed by atoms with Crippen molar-refractivity contribution >= 4 is 13.9 Å². The minimum absolute atomic E-state index is 0. The van der Waals surface area contributed by atoms with Crippen LogP contribution in [0.3, 0.4) is 0 Å². The molecule has 1 aromatic rings. The summed E-state index contributed by atoms with van der Waals surface area (Å²) >= 11 is 0. The van der Waals surface area contributed by atoms with Crippen LogP contribution in [0.4, 0.5) is 0 Å². The van der Waals surface area contributed by atoms with Gasteiger partial charge >= 0.3 is 21.7 Å². The van der Waals surface area contributed by atoms with E-state index in [0.717, 1.165) is 33.9 Å². The Bertz CT molecular complexity index is 692. The van der Waals surface area contributed by atoms with Gasteiger partial charge in [0.2, 0.25) is 8.32 Å². The molecule has 1 N–H and O–H groups in total. The first-order valence-electron chi connectivity index (χ1n) is 8.60. The van der Waals surface area contributed by atoms with E-state index >= 15 is 0 Å². The molecule has 0 atom stereocenters. The fourth-order valence-electron chi connectivity index (χ4n) is 2.74. The van der Waals surface area contributed by atoms with Crippen LogP contribution in [0.5, 0.6) is 5.75 Å². The van der Waals surface area contributed by atoms with Gasteiger partial charge in [-0.2, -0.15) is 0 Å². The predicted octanol–water partition coefficient (Wildman–Crippen LogP) is -0.890. The van der Waals surface area contributed by atoms with Crippen molar-refractivity contribution in [2.45, 2.75) is 59.8 Å². The van der Waals surface area contributed by atoms with Gasteiger partial charge in [-0.15, -0.1) is 23.8 Å². The Balaban J connectivity index is 0. The van der Waals surface area contributed by atoms with E-state index in [2.05, 4.69) is 63.9 Å². The molecule has 1 aromatic carbocycles. The topological polar surface area (TPSA) is 30.5 Å². The molecule has 149 valence electrons. The van der Waals surface area contributed by atoms with Crippen LogP contribution in [0.2, 0.25) is 19.6 Å². The molecular weight excluding hydrogens is 433 g/mol. The van der Waals surface area contributed by atoms with Crippen molar-refractivity contribution in [1.29, 1.82) is 0 Å². The van der Waals surface area contributed by atoms with Crippen LogP contribution in [-0.4, -0.2) is 20.5 Å². The van der Waals surface area contributed by atoms with Crippen LogP contribution in [0.25, 0.3) is 5.57 Å². The van der Waals surface area contributed by atoms with Crippen molar-refractivity contribution < 1.29 is 55.7 Å². The number of hydrogen-bond acceptors (Lipinski definition) is 3. The van der Waals surface area contributed by atoms with Crippen molar-refractivity contribution in [2.24, 2.45) is 0 Å². The zero-order chi connectivity index (χ0) is 18.1. The number of fused-ring (bicyclic) bond motifs is 1. The van der Waals surface area contributed by atoms with E-state index in [1.54, 1.807) is 0 Å². The van der Waals surface area contributed by atoms with Crippen LogP contribution < -0.4 is 34.6 Å². The Morgan fingerprint density at radius 1 is 1.15 bits per heavy atom. The third kappa shape index (κ3) is 7.86. The standard InChI is InChI=1S/C20H30NO2Si.2ClH.Ti/c1-9-22-14(2)18-16(21-20(3,4)5)13-15-11-10-12-17(19(15)18)23-24(6,7)8;;;/h10-12,21H,9H2,1-8H3;2*1H;/q-1;;;+3/p-2. The first-order valence-corrected chi connectivity index (χ1v) is 12.0. The summed E-state index contributed by atoms with van der Waals surface area (Å²) in [5.74, 6) is 1.83. The zero-order valence-corrected chi connectivity index (χ0v) is 21.6. The van der Waals surface area contributed by atoms with Crippen molar-refractivity contribution in [3.63, 3.8) is 0 Å². The van der Waals surface area contributed by atoms with Gasteiger partial charge < -0.3 is 39.3 Å². The number of nitrogens with one attached hydrogen (secondary N) is 1. The predicted molar refractivity (Wildman–Crippen MR) is 103 cm³/mol. The van der Waals surface area contributed by atoms with Crippen LogP contribution >= 0.6 is 0 Å². The maximum absolute atomic E-state index is 6.35. The first-order chi connectivity index (χ1) is 11.0. The summed E-state index contributed by atoms with van der Waals surface area (Å²) in [6.07, 6.45) is 3.51. The van der Waals surface area contributed by atoms with E-state index in [-0.39, 0.29) is 52.1 Å². The third-order valence-corrected chi connectivity index (χ3v) is 4.25. The molecule has 0 amide bonds. The van der Waals surface area contributed by atoms with Gasteiger partial charge in [0.15, 0.2) is 0 Å². The maximum atomic E-state index is 6.35. The zero-order valence-electron chi connectivity index (χ0n) is 17.5. The van der Waals surface area contributed by atoms with Crippen LogP contribution in [0.15, 0.2) is 29.7 Å². The minimum atomic E-state index is -1.71. The second-order valence-electron chi connectivity index (χ2n) is 8.13. The molecule has 27 heavy (non-hydrogen) atoms. The van der Waals surface area contributed by atoms with Crippen LogP contribution in [-0.2, 0) is 26.5 Å². The van der Waals surface area contributed by atoms with E-state index in [1.165, 1.54) is 0 Å². The number of halogens is 2. The molecule has 1 radical (unpaired) electrons. The van der Waals surface area contributed by atoms with Crippen LogP contribution in [0.1, 0.15) is 45.7 Å². The van der Waals surface area contributed by atoms with E-state index < -0.39 is 8.32 Å². The van der Waals surface area contributed by atoms with Gasteiger partial charge in [0, 0.05) is 5.54 Å². The largest absolute Gasteiger partial charge is 3.00 e. The Kier molecular flexibility index (Phi) is 11.7. The molecule has 0 saturated heterocycles. The van der Waals surface area contributed by atoms with Crippen molar-refractivity contribution in [1.82, 2.24) is 5.32 Å². The third-order valence-electron chi connectivity index (χ3n) is 3.41. The second kappa shape index (κ2) is 11.0. The Hall–Kier alpha value is -0.389. The minimum Gasteiger partial charge on any atom is -1.00 e. The summed E-state index contributed by atoms with van der Waals surface area (Å²) in [6, 6.07) is 6.18. The van der Waals surface area contributed by atoms with Gasteiger partial charge in [0.1, 0.15) is 0 Å². The molecule has 0 saturated carbocycles. The Morgan fingerprint density at radius 3 is 2.22 bits per heavy atom. The molecule has 0 spiro atoms. The van der Waals surface area contributed by atoms with Crippen molar-refractivity contribution in [3.05, 3.63) is 46.9 Å². The molecule has 1 aliphatic rings. The molecule has 0 fully saturated rings. The average molecular weight is 463 g/mol. The van der Waals surface area contributed by atoms with E-state index in [0.29, 0.717) is 6.61 Å². The summed E-state index contributed by atoms with van der Waals surface area (Å²) < 4.78 is 12.2. The quantitative estimate of drug-likeness (QED) is 0.350. The van der Waals surface area contributed by atoms with E-state index in [4.69, 9.17) is 9.16 Å². The molecule has 7 heteroatoms. The summed E-state index contributed by atoms with van der Waals surface area (Å²) in [5, 5.41) is 3.57. The SMILES string of the molecule is CCOC(C)=C1C(NC(C)(C)C)=[C-]c2cccc(O[Si](C)(C)C)c21.[Cl-].[Cl-].[Ti+3]. The van der Waals surface area contributed by atoms with Gasteiger partial charge in [-0.3, -0.25) is 0 Å². The van der Waals surface area contributed by atoms with Crippen LogP contribution in [0, 0.1) is 6.08 Å². The molecule has 0 bridgehead atoms. The fourth-order valence-corrected chi connectivity index (χ4v) is 3.57. The average Bonchev–Trinajstić information content (AvgIpc) is 2.73. The summed E-state index contributed by atoms with van der Waals surface area (Å²) in [5.41, 5.74) is 4.15. The van der Waals surface area contributed by atoms with Gasteiger partial charge in [-0.1, -0.05) is 11.1 Å². The van der Waals surface area contributed by atoms with E-state index in [9.17, 15) is 0 Å². The van der Waals surface area contributed by atoms with Gasteiger partial charge in [-0.25, -0.2) is 0 Å². The van der Waals surface area contributed by atoms with Gasteiger partial charge in [0.25, 0.3) is 0 Å². The fraction of sp³-hybridized carbons (Fsp3) is 0.500. The normalized spacial score (nSPS) is 14.6. The molecule has 0 aliphatic heterocycles. The van der Waals surface area contributed by atoms with Gasteiger partial charge in [-0.05, 0) is 66.0 Å². The molecular formula is C20H30Cl2NO2SiTi.